The van der Waals surface area contributed by atoms with E-state index in [0.717, 1.165) is 21.5 Å². The Kier molecular flexibility index (Phi) is 4.72. The fourth-order valence-corrected chi connectivity index (χ4v) is 3.99. The molecule has 0 bridgehead atoms. The molecule has 0 spiro atoms. The van der Waals surface area contributed by atoms with Crippen LogP contribution in [0.15, 0.2) is 75.0 Å². The first-order valence-corrected chi connectivity index (χ1v) is 10.4. The van der Waals surface area contributed by atoms with E-state index in [9.17, 15) is 14.4 Å². The molecule has 7 nitrogen and oxygen atoms in total. The van der Waals surface area contributed by atoms with Crippen LogP contribution in [0.4, 0.5) is 11.4 Å². The van der Waals surface area contributed by atoms with E-state index >= 15 is 0 Å². The summed E-state index contributed by atoms with van der Waals surface area (Å²) in [6, 6.07) is 16.7. The summed E-state index contributed by atoms with van der Waals surface area (Å²) < 4.78 is 3.42. The van der Waals surface area contributed by atoms with E-state index in [2.05, 4.69) is 5.32 Å². The maximum atomic E-state index is 13.6. The molecule has 1 N–H and O–H groups in total. The van der Waals surface area contributed by atoms with Gasteiger partial charge in [0.15, 0.2) is 5.65 Å². The third-order valence-electron chi connectivity index (χ3n) is 5.23. The molecule has 5 rings (SSSR count). The molecule has 1 saturated carbocycles. The average Bonchev–Trinajstić information content (AvgIpc) is 3.59. The van der Waals surface area contributed by atoms with Crippen LogP contribution in [0.3, 0.4) is 0 Å². The lowest BCUT2D eigenvalue weighted by atomic mass is 10.2. The van der Waals surface area contributed by atoms with Crippen molar-refractivity contribution in [3.8, 4) is 5.69 Å². The molecule has 2 aromatic carbocycles. The van der Waals surface area contributed by atoms with Crippen molar-refractivity contribution in [2.24, 2.45) is 0 Å². The maximum absolute atomic E-state index is 13.6. The lowest BCUT2D eigenvalue weighted by Gasteiger charge is -2.17. The molecular formula is C22H16Cl2N4O3. The number of rotatable bonds is 4. The number of nitrogens with one attached hydrogen (secondary N) is 1. The fraction of sp³-hybridized carbons (Fsp3) is 0.136. The molecule has 4 aromatic rings. The number of hydrogen-bond donors (Lipinski definition) is 1. The number of para-hydroxylation sites is 1. The predicted octanol–water partition coefficient (Wildman–Crippen LogP) is 4.05. The van der Waals surface area contributed by atoms with Gasteiger partial charge in [-0.3, -0.25) is 14.2 Å². The van der Waals surface area contributed by atoms with Crippen LogP contribution >= 0.6 is 23.4 Å². The summed E-state index contributed by atoms with van der Waals surface area (Å²) in [5.41, 5.74) is -0.196. The molecule has 1 aliphatic rings. The fourth-order valence-electron chi connectivity index (χ4n) is 3.65. The highest BCUT2D eigenvalue weighted by molar-refractivity contribution is 6.30. The van der Waals surface area contributed by atoms with E-state index < -0.39 is 16.8 Å². The Labute approximate surface area is 185 Å². The second-order valence-corrected chi connectivity index (χ2v) is 8.14. The molecule has 0 saturated heterocycles. The van der Waals surface area contributed by atoms with Crippen molar-refractivity contribution in [1.82, 2.24) is 13.2 Å². The second-order valence-electron chi connectivity index (χ2n) is 7.37. The van der Waals surface area contributed by atoms with Crippen LogP contribution in [0, 0.1) is 0 Å². The van der Waals surface area contributed by atoms with Gasteiger partial charge in [0, 0.05) is 34.6 Å². The first-order chi connectivity index (χ1) is 15.0. The molecule has 0 unspecified atom stereocenters. The Bertz CT molecular complexity index is 1480. The quantitative estimate of drug-likeness (QED) is 0.504. The highest BCUT2D eigenvalue weighted by Crippen LogP contribution is 2.36. The Hall–Kier alpha value is -3.29. The Morgan fingerprint density at radius 2 is 1.61 bits per heavy atom. The first kappa shape index (κ1) is 19.7. The highest BCUT2D eigenvalue weighted by Gasteiger charge is 2.31. The Balaban J connectivity index is 1.89. The lowest BCUT2D eigenvalue weighted by Crippen LogP contribution is -2.40. The van der Waals surface area contributed by atoms with Crippen molar-refractivity contribution in [1.29, 1.82) is 0 Å². The van der Waals surface area contributed by atoms with E-state index in [-0.39, 0.29) is 22.8 Å². The van der Waals surface area contributed by atoms with Crippen molar-refractivity contribution in [2.45, 2.75) is 18.9 Å². The van der Waals surface area contributed by atoms with Crippen molar-refractivity contribution >= 4 is 45.8 Å². The number of nitrogens with zero attached hydrogens (tertiary/aromatic N) is 3. The van der Waals surface area contributed by atoms with Gasteiger partial charge in [-0.15, -0.1) is 0 Å². The third kappa shape index (κ3) is 3.36. The molecule has 0 atom stereocenters. The van der Waals surface area contributed by atoms with Crippen LogP contribution in [-0.2, 0) is 0 Å². The molecule has 2 aromatic heterocycles. The van der Waals surface area contributed by atoms with Crippen LogP contribution in [-0.4, -0.2) is 13.2 Å². The lowest BCUT2D eigenvalue weighted by molar-refractivity contribution is 0.665. The van der Waals surface area contributed by atoms with E-state index in [0.29, 0.717) is 16.4 Å². The number of hydrogen-bond acceptors (Lipinski definition) is 4. The molecular weight excluding hydrogens is 439 g/mol. The molecule has 1 aliphatic carbocycles. The summed E-state index contributed by atoms with van der Waals surface area (Å²) in [5.74, 6) is 0. The highest BCUT2D eigenvalue weighted by atomic mass is 35.5. The average molecular weight is 455 g/mol. The smallest absolute Gasteiger partial charge is 0.337 e. The van der Waals surface area contributed by atoms with E-state index in [4.69, 9.17) is 23.4 Å². The van der Waals surface area contributed by atoms with Gasteiger partial charge in [-0.2, -0.15) is 0 Å². The van der Waals surface area contributed by atoms with Crippen LogP contribution < -0.4 is 22.1 Å². The molecule has 0 aliphatic heterocycles. The molecule has 31 heavy (non-hydrogen) atoms. The van der Waals surface area contributed by atoms with Gasteiger partial charge < -0.3 is 5.32 Å². The van der Waals surface area contributed by atoms with Crippen LogP contribution in [0.2, 0.25) is 5.02 Å². The van der Waals surface area contributed by atoms with Gasteiger partial charge in [-0.1, -0.05) is 29.8 Å². The number of benzene rings is 2. The van der Waals surface area contributed by atoms with Crippen molar-refractivity contribution < 1.29 is 0 Å². The molecule has 0 radical (unpaired) electrons. The summed E-state index contributed by atoms with van der Waals surface area (Å²) in [6.07, 6.45) is 1.53. The van der Waals surface area contributed by atoms with Gasteiger partial charge in [-0.05, 0) is 49.2 Å². The minimum atomic E-state index is -0.561. The van der Waals surface area contributed by atoms with Crippen LogP contribution in [0.5, 0.6) is 0 Å². The molecule has 9 heteroatoms. The molecule has 156 valence electrons. The minimum absolute atomic E-state index is 0.0929. The van der Waals surface area contributed by atoms with Crippen molar-refractivity contribution in [3.63, 3.8) is 0 Å². The number of anilines is 2. The summed E-state index contributed by atoms with van der Waals surface area (Å²) in [4.78, 5) is 39.6. The zero-order valence-corrected chi connectivity index (χ0v) is 17.6. The summed E-state index contributed by atoms with van der Waals surface area (Å²) in [5, 5.41) is 3.82. The summed E-state index contributed by atoms with van der Waals surface area (Å²) >= 11 is 12.3. The zero-order valence-electron chi connectivity index (χ0n) is 16.1. The zero-order chi connectivity index (χ0) is 21.7. The number of aromatic nitrogens is 3. The van der Waals surface area contributed by atoms with Crippen LogP contribution in [0.1, 0.15) is 18.9 Å². The largest absolute Gasteiger partial charge is 0.355 e. The standard InChI is InChI=1S/C22H16Cl2N4O3/c23-13-6-8-14(9-7-13)25-17-12-18(29)28(24)20-19(17)21(30)27(15-4-2-1-3-5-15)22(31)26(20)16-10-11-16/h1-9,12,16,25H,10-11H2. The first-order valence-electron chi connectivity index (χ1n) is 9.67. The van der Waals surface area contributed by atoms with Gasteiger partial charge in [-0.25, -0.2) is 13.4 Å². The third-order valence-corrected chi connectivity index (χ3v) is 5.81. The van der Waals surface area contributed by atoms with E-state index in [1.54, 1.807) is 54.6 Å². The predicted molar refractivity (Wildman–Crippen MR) is 122 cm³/mol. The number of halogens is 2. The van der Waals surface area contributed by atoms with Gasteiger partial charge in [0.25, 0.3) is 11.1 Å². The minimum Gasteiger partial charge on any atom is -0.355 e. The molecule has 2 heterocycles. The molecule has 0 amide bonds. The van der Waals surface area contributed by atoms with Crippen molar-refractivity contribution in [3.05, 3.63) is 96.9 Å². The van der Waals surface area contributed by atoms with Gasteiger partial charge in [0.05, 0.1) is 11.4 Å². The van der Waals surface area contributed by atoms with E-state index in [1.165, 1.54) is 10.6 Å². The Morgan fingerprint density at radius 1 is 0.935 bits per heavy atom. The monoisotopic (exact) mass is 454 g/mol. The van der Waals surface area contributed by atoms with Gasteiger partial charge >= 0.3 is 5.69 Å². The SMILES string of the molecule is O=c1c2c(Nc3ccc(Cl)cc3)cc(=O)n(Cl)c2n(C2CC2)c(=O)n1-c1ccccc1. The van der Waals surface area contributed by atoms with Gasteiger partial charge in [0.2, 0.25) is 0 Å². The normalized spacial score (nSPS) is 13.5. The summed E-state index contributed by atoms with van der Waals surface area (Å²) in [6.45, 7) is 0. The second kappa shape index (κ2) is 7.44. The molecule has 1 fully saturated rings. The van der Waals surface area contributed by atoms with E-state index in [1.807, 2.05) is 0 Å². The topological polar surface area (TPSA) is 78.0 Å². The number of pyridine rings is 1. The summed E-state index contributed by atoms with van der Waals surface area (Å²) in [7, 11) is 0. The number of fused-ring (bicyclic) bond motifs is 1. The maximum Gasteiger partial charge on any atom is 0.337 e. The van der Waals surface area contributed by atoms with Crippen molar-refractivity contribution in [2.75, 3.05) is 5.32 Å². The Morgan fingerprint density at radius 3 is 2.26 bits per heavy atom. The van der Waals surface area contributed by atoms with Gasteiger partial charge in [0.1, 0.15) is 5.39 Å². The van der Waals surface area contributed by atoms with Crippen LogP contribution in [0.25, 0.3) is 16.7 Å².